The maximum Gasteiger partial charge on any atom is 0.252 e. The number of rotatable bonds is 3. The van der Waals surface area contributed by atoms with Crippen LogP contribution in [-0.2, 0) is 13.0 Å². The molecular weight excluding hydrogens is 352 g/mol. The molecule has 0 N–H and O–H groups in total. The topological polar surface area (TPSA) is 34.9 Å². The van der Waals surface area contributed by atoms with Crippen molar-refractivity contribution in [3.63, 3.8) is 0 Å². The standard InChI is InChI=1S/C19H19BrN2O/c1-4-15-9-12(3)18-16(13-7-6-8-14(20)10-13)11-17(23)22(5-2)19(18)21-15/h6-11H,4-5H2,1-3H3. The number of aromatic nitrogens is 2. The normalized spacial score (nSPS) is 11.1. The van der Waals surface area contributed by atoms with Gasteiger partial charge in [0.05, 0.1) is 0 Å². The second kappa shape index (κ2) is 6.28. The van der Waals surface area contributed by atoms with Gasteiger partial charge in [-0.1, -0.05) is 35.0 Å². The molecule has 0 aliphatic rings. The molecule has 0 saturated heterocycles. The van der Waals surface area contributed by atoms with Gasteiger partial charge in [-0.15, -0.1) is 0 Å². The SMILES string of the molecule is CCc1cc(C)c2c(-c3cccc(Br)c3)cc(=O)n(CC)c2n1. The molecule has 0 aliphatic carbocycles. The molecular formula is C19H19BrN2O. The lowest BCUT2D eigenvalue weighted by Crippen LogP contribution is -2.20. The molecule has 0 amide bonds. The average Bonchev–Trinajstić information content (AvgIpc) is 2.53. The third-order valence-corrected chi connectivity index (χ3v) is 4.62. The maximum atomic E-state index is 12.6. The lowest BCUT2D eigenvalue weighted by Gasteiger charge is -2.15. The second-order valence-electron chi connectivity index (χ2n) is 5.63. The molecule has 23 heavy (non-hydrogen) atoms. The number of nitrogens with zero attached hydrogens (tertiary/aromatic N) is 2. The van der Waals surface area contributed by atoms with E-state index in [1.165, 1.54) is 0 Å². The van der Waals surface area contributed by atoms with Gasteiger partial charge in [0, 0.05) is 28.2 Å². The summed E-state index contributed by atoms with van der Waals surface area (Å²) in [5.41, 5.74) is 4.93. The first-order valence-corrected chi connectivity index (χ1v) is 8.64. The van der Waals surface area contributed by atoms with Crippen molar-refractivity contribution in [2.75, 3.05) is 0 Å². The molecule has 3 aromatic rings. The van der Waals surface area contributed by atoms with Crippen LogP contribution in [0.25, 0.3) is 22.2 Å². The lowest BCUT2D eigenvalue weighted by molar-refractivity contribution is 0.747. The number of fused-ring (bicyclic) bond motifs is 1. The Morgan fingerprint density at radius 3 is 2.61 bits per heavy atom. The molecule has 1 aromatic carbocycles. The van der Waals surface area contributed by atoms with Gasteiger partial charge >= 0.3 is 0 Å². The molecule has 2 aromatic heterocycles. The first-order chi connectivity index (χ1) is 11.0. The van der Waals surface area contributed by atoms with E-state index in [1.54, 1.807) is 10.6 Å². The minimum Gasteiger partial charge on any atom is -0.293 e. The van der Waals surface area contributed by atoms with Crippen molar-refractivity contribution in [3.8, 4) is 11.1 Å². The molecule has 0 atom stereocenters. The van der Waals surface area contributed by atoms with E-state index in [-0.39, 0.29) is 5.56 Å². The zero-order valence-electron chi connectivity index (χ0n) is 13.6. The molecule has 4 heteroatoms. The van der Waals surface area contributed by atoms with Gasteiger partial charge in [-0.3, -0.25) is 9.36 Å². The highest BCUT2D eigenvalue weighted by molar-refractivity contribution is 9.10. The zero-order chi connectivity index (χ0) is 16.6. The van der Waals surface area contributed by atoms with Gasteiger partial charge in [-0.2, -0.15) is 0 Å². The van der Waals surface area contributed by atoms with Crippen molar-refractivity contribution >= 4 is 27.0 Å². The van der Waals surface area contributed by atoms with E-state index < -0.39 is 0 Å². The average molecular weight is 371 g/mol. The molecule has 0 radical (unpaired) electrons. The monoisotopic (exact) mass is 370 g/mol. The Kier molecular flexibility index (Phi) is 4.35. The summed E-state index contributed by atoms with van der Waals surface area (Å²) in [5, 5.41) is 1.06. The second-order valence-corrected chi connectivity index (χ2v) is 6.55. The summed E-state index contributed by atoms with van der Waals surface area (Å²) in [6, 6.07) is 11.9. The van der Waals surface area contributed by atoms with E-state index in [2.05, 4.69) is 35.8 Å². The number of pyridine rings is 2. The first-order valence-electron chi connectivity index (χ1n) is 7.85. The molecule has 0 fully saturated rings. The Morgan fingerprint density at radius 2 is 1.96 bits per heavy atom. The van der Waals surface area contributed by atoms with Crippen LogP contribution in [0.5, 0.6) is 0 Å². The van der Waals surface area contributed by atoms with Gasteiger partial charge in [0.25, 0.3) is 5.56 Å². The molecule has 3 rings (SSSR count). The zero-order valence-corrected chi connectivity index (χ0v) is 15.1. The van der Waals surface area contributed by atoms with Crippen molar-refractivity contribution < 1.29 is 0 Å². The third-order valence-electron chi connectivity index (χ3n) is 4.12. The van der Waals surface area contributed by atoms with Crippen LogP contribution in [0, 0.1) is 6.92 Å². The number of benzene rings is 1. The van der Waals surface area contributed by atoms with Gasteiger partial charge in [0.15, 0.2) is 0 Å². The van der Waals surface area contributed by atoms with Gasteiger partial charge in [-0.05, 0) is 55.2 Å². The van der Waals surface area contributed by atoms with Crippen LogP contribution in [0.3, 0.4) is 0 Å². The van der Waals surface area contributed by atoms with Crippen LogP contribution in [-0.4, -0.2) is 9.55 Å². The van der Waals surface area contributed by atoms with E-state index in [1.807, 2.05) is 31.2 Å². The lowest BCUT2D eigenvalue weighted by atomic mass is 9.99. The smallest absolute Gasteiger partial charge is 0.252 e. The quantitative estimate of drug-likeness (QED) is 0.668. The van der Waals surface area contributed by atoms with Crippen LogP contribution in [0.1, 0.15) is 25.1 Å². The summed E-state index contributed by atoms with van der Waals surface area (Å²) in [4.78, 5) is 17.3. The highest BCUT2D eigenvalue weighted by Crippen LogP contribution is 2.31. The molecule has 0 spiro atoms. The van der Waals surface area contributed by atoms with Crippen LogP contribution >= 0.6 is 15.9 Å². The number of hydrogen-bond acceptors (Lipinski definition) is 2. The molecule has 0 bridgehead atoms. The summed E-state index contributed by atoms with van der Waals surface area (Å²) in [6.45, 7) is 6.78. The predicted octanol–water partition coefficient (Wildman–Crippen LogP) is 4.72. The Balaban J connectivity index is 2.46. The summed E-state index contributed by atoms with van der Waals surface area (Å²) in [6.07, 6.45) is 0.857. The molecule has 3 nitrogen and oxygen atoms in total. The van der Waals surface area contributed by atoms with Crippen molar-refractivity contribution in [1.82, 2.24) is 9.55 Å². The number of hydrogen-bond donors (Lipinski definition) is 0. The van der Waals surface area contributed by atoms with Crippen molar-refractivity contribution in [3.05, 3.63) is 62.5 Å². The van der Waals surface area contributed by atoms with Crippen LogP contribution in [0.2, 0.25) is 0 Å². The highest BCUT2D eigenvalue weighted by atomic mass is 79.9. The fourth-order valence-electron chi connectivity index (χ4n) is 3.00. The van der Waals surface area contributed by atoms with Crippen LogP contribution in [0.15, 0.2) is 45.7 Å². The largest absolute Gasteiger partial charge is 0.293 e. The van der Waals surface area contributed by atoms with Gasteiger partial charge in [0.2, 0.25) is 0 Å². The molecule has 118 valence electrons. The van der Waals surface area contributed by atoms with Crippen molar-refractivity contribution in [1.29, 1.82) is 0 Å². The molecule has 0 unspecified atom stereocenters. The molecule has 2 heterocycles. The molecule has 0 aliphatic heterocycles. The maximum absolute atomic E-state index is 12.6. The summed E-state index contributed by atoms with van der Waals surface area (Å²) < 4.78 is 2.75. The van der Waals surface area contributed by atoms with E-state index >= 15 is 0 Å². The number of aryl methyl sites for hydroxylation is 3. The highest BCUT2D eigenvalue weighted by Gasteiger charge is 2.14. The third kappa shape index (κ3) is 2.83. The minimum absolute atomic E-state index is 0.00451. The van der Waals surface area contributed by atoms with E-state index in [4.69, 9.17) is 4.98 Å². The Morgan fingerprint density at radius 1 is 1.17 bits per heavy atom. The van der Waals surface area contributed by atoms with Crippen molar-refractivity contribution in [2.24, 2.45) is 0 Å². The first kappa shape index (κ1) is 15.9. The fraction of sp³-hybridized carbons (Fsp3) is 0.263. The number of halogens is 1. The Labute approximate surface area is 144 Å². The van der Waals surface area contributed by atoms with Gasteiger partial charge in [0.1, 0.15) is 5.65 Å². The predicted molar refractivity (Wildman–Crippen MR) is 98.9 cm³/mol. The van der Waals surface area contributed by atoms with Crippen molar-refractivity contribution in [2.45, 2.75) is 33.7 Å². The summed E-state index contributed by atoms with van der Waals surface area (Å²) >= 11 is 3.51. The van der Waals surface area contributed by atoms with E-state index in [0.717, 1.165) is 44.3 Å². The van der Waals surface area contributed by atoms with E-state index in [0.29, 0.717) is 6.54 Å². The van der Waals surface area contributed by atoms with Gasteiger partial charge in [-0.25, -0.2) is 4.98 Å². The Hall–Kier alpha value is -1.94. The summed E-state index contributed by atoms with van der Waals surface area (Å²) in [5.74, 6) is 0. The van der Waals surface area contributed by atoms with Gasteiger partial charge < -0.3 is 0 Å². The van der Waals surface area contributed by atoms with E-state index in [9.17, 15) is 4.79 Å². The Bertz CT molecular complexity index is 944. The fourth-order valence-corrected chi connectivity index (χ4v) is 3.40. The van der Waals surface area contributed by atoms with Crippen LogP contribution < -0.4 is 5.56 Å². The minimum atomic E-state index is -0.00451. The molecule has 0 saturated carbocycles. The summed E-state index contributed by atoms with van der Waals surface area (Å²) in [7, 11) is 0. The van der Waals surface area contributed by atoms with Crippen LogP contribution in [0.4, 0.5) is 0 Å².